The average Bonchev–Trinajstić information content (AvgIpc) is 2.82. The van der Waals surface area contributed by atoms with Gasteiger partial charge in [0, 0.05) is 17.8 Å². The van der Waals surface area contributed by atoms with Gasteiger partial charge in [-0.05, 0) is 43.5 Å². The van der Waals surface area contributed by atoms with Crippen molar-refractivity contribution < 1.29 is 4.79 Å². The van der Waals surface area contributed by atoms with E-state index in [0.717, 1.165) is 29.8 Å². The molecule has 0 atom stereocenters. The van der Waals surface area contributed by atoms with Crippen molar-refractivity contribution in [2.45, 2.75) is 20.3 Å². The molecular weight excluding hydrogens is 234 g/mol. The topological polar surface area (TPSA) is 20.3 Å². The number of carbonyl (C=O) groups excluding carboxylic acids is 1. The molecule has 19 heavy (non-hydrogen) atoms. The van der Waals surface area contributed by atoms with Crippen LogP contribution in [0.25, 0.3) is 0 Å². The molecular formula is C17H17NO. The van der Waals surface area contributed by atoms with Gasteiger partial charge in [-0.1, -0.05) is 35.9 Å². The molecule has 1 aliphatic heterocycles. The number of rotatable bonds is 1. The van der Waals surface area contributed by atoms with Crippen molar-refractivity contribution in [3.05, 3.63) is 64.7 Å². The molecule has 0 spiro atoms. The number of benzene rings is 2. The van der Waals surface area contributed by atoms with Crippen LogP contribution in [0.2, 0.25) is 0 Å². The van der Waals surface area contributed by atoms with Gasteiger partial charge in [0.05, 0.1) is 0 Å². The third-order valence-electron chi connectivity index (χ3n) is 3.74. The summed E-state index contributed by atoms with van der Waals surface area (Å²) in [6.45, 7) is 4.83. The lowest BCUT2D eigenvalue weighted by Crippen LogP contribution is -2.29. The number of anilines is 1. The Morgan fingerprint density at radius 3 is 2.68 bits per heavy atom. The second-order valence-electron chi connectivity index (χ2n) is 5.15. The highest BCUT2D eigenvalue weighted by atomic mass is 16.2. The van der Waals surface area contributed by atoms with Crippen LogP contribution in [0.3, 0.4) is 0 Å². The van der Waals surface area contributed by atoms with Gasteiger partial charge in [-0.2, -0.15) is 0 Å². The Labute approximate surface area is 113 Å². The van der Waals surface area contributed by atoms with Crippen LogP contribution in [-0.4, -0.2) is 12.5 Å². The zero-order chi connectivity index (χ0) is 13.4. The molecule has 1 amide bonds. The average molecular weight is 251 g/mol. The van der Waals surface area contributed by atoms with E-state index < -0.39 is 0 Å². The minimum atomic E-state index is 0.113. The van der Waals surface area contributed by atoms with E-state index in [0.29, 0.717) is 0 Å². The van der Waals surface area contributed by atoms with Gasteiger partial charge in [0.25, 0.3) is 5.91 Å². The van der Waals surface area contributed by atoms with Gasteiger partial charge in [0.15, 0.2) is 0 Å². The second kappa shape index (κ2) is 4.54. The molecule has 0 unspecified atom stereocenters. The fourth-order valence-corrected chi connectivity index (χ4v) is 2.75. The summed E-state index contributed by atoms with van der Waals surface area (Å²) in [6.07, 6.45) is 0.951. The third-order valence-corrected chi connectivity index (χ3v) is 3.74. The molecule has 3 rings (SSSR count). The summed E-state index contributed by atoms with van der Waals surface area (Å²) in [7, 11) is 0. The standard InChI is InChI=1S/C17H17NO/c1-12-7-8-15(13(2)11-12)17(19)18-10-9-14-5-3-4-6-16(14)18/h3-8,11H,9-10H2,1-2H3. The van der Waals surface area contributed by atoms with E-state index in [9.17, 15) is 4.79 Å². The number of aryl methyl sites for hydroxylation is 2. The van der Waals surface area contributed by atoms with Crippen molar-refractivity contribution in [3.8, 4) is 0 Å². The van der Waals surface area contributed by atoms with Crippen molar-refractivity contribution in [1.82, 2.24) is 0 Å². The summed E-state index contributed by atoms with van der Waals surface area (Å²) in [4.78, 5) is 14.6. The van der Waals surface area contributed by atoms with Crippen LogP contribution in [-0.2, 0) is 6.42 Å². The van der Waals surface area contributed by atoms with E-state index in [1.165, 1.54) is 11.1 Å². The van der Waals surface area contributed by atoms with Gasteiger partial charge in [-0.3, -0.25) is 4.79 Å². The molecule has 0 N–H and O–H groups in total. The highest BCUT2D eigenvalue weighted by Gasteiger charge is 2.25. The molecule has 1 heterocycles. The summed E-state index contributed by atoms with van der Waals surface area (Å²) in [6, 6.07) is 14.2. The molecule has 0 aromatic heterocycles. The first-order valence-corrected chi connectivity index (χ1v) is 6.64. The van der Waals surface area contributed by atoms with E-state index in [1.54, 1.807) is 0 Å². The lowest BCUT2D eigenvalue weighted by molar-refractivity contribution is 0.0989. The minimum absolute atomic E-state index is 0.113. The lowest BCUT2D eigenvalue weighted by atomic mass is 10.0. The van der Waals surface area contributed by atoms with Gasteiger partial charge in [0.1, 0.15) is 0 Å². The Morgan fingerprint density at radius 1 is 1.11 bits per heavy atom. The SMILES string of the molecule is Cc1ccc(C(=O)N2CCc3ccccc32)c(C)c1. The predicted octanol–water partition coefficient (Wildman–Crippen LogP) is 3.51. The summed E-state index contributed by atoms with van der Waals surface area (Å²) < 4.78 is 0. The van der Waals surface area contributed by atoms with Crippen molar-refractivity contribution in [3.63, 3.8) is 0 Å². The van der Waals surface area contributed by atoms with Gasteiger partial charge < -0.3 is 4.90 Å². The van der Waals surface area contributed by atoms with Gasteiger partial charge in [0.2, 0.25) is 0 Å². The number of hydrogen-bond donors (Lipinski definition) is 0. The van der Waals surface area contributed by atoms with Crippen LogP contribution in [0.4, 0.5) is 5.69 Å². The Kier molecular flexibility index (Phi) is 2.86. The Hall–Kier alpha value is -2.09. The maximum absolute atomic E-state index is 12.7. The highest BCUT2D eigenvalue weighted by molar-refractivity contribution is 6.08. The van der Waals surface area contributed by atoms with Crippen molar-refractivity contribution in [2.75, 3.05) is 11.4 Å². The van der Waals surface area contributed by atoms with Crippen LogP contribution >= 0.6 is 0 Å². The lowest BCUT2D eigenvalue weighted by Gasteiger charge is -2.18. The van der Waals surface area contributed by atoms with E-state index >= 15 is 0 Å². The molecule has 0 bridgehead atoms. The van der Waals surface area contributed by atoms with E-state index in [-0.39, 0.29) is 5.91 Å². The first kappa shape index (κ1) is 12.0. The molecule has 96 valence electrons. The molecule has 0 aliphatic carbocycles. The maximum atomic E-state index is 12.7. The Balaban J connectivity index is 1.98. The van der Waals surface area contributed by atoms with Gasteiger partial charge >= 0.3 is 0 Å². The zero-order valence-electron chi connectivity index (χ0n) is 11.3. The van der Waals surface area contributed by atoms with Gasteiger partial charge in [-0.25, -0.2) is 0 Å². The van der Waals surface area contributed by atoms with Crippen LogP contribution in [0.5, 0.6) is 0 Å². The summed E-state index contributed by atoms with van der Waals surface area (Å²) >= 11 is 0. The molecule has 1 aliphatic rings. The third kappa shape index (κ3) is 2.03. The summed E-state index contributed by atoms with van der Waals surface area (Å²) in [5.74, 6) is 0.113. The maximum Gasteiger partial charge on any atom is 0.258 e. The Morgan fingerprint density at radius 2 is 1.89 bits per heavy atom. The number of amides is 1. The number of fused-ring (bicyclic) bond motifs is 1. The number of carbonyl (C=O) groups is 1. The molecule has 2 aromatic rings. The molecule has 2 aromatic carbocycles. The first-order valence-electron chi connectivity index (χ1n) is 6.64. The molecule has 0 radical (unpaired) electrons. The second-order valence-corrected chi connectivity index (χ2v) is 5.15. The van der Waals surface area contributed by atoms with E-state index in [1.807, 2.05) is 49.1 Å². The molecule has 2 heteroatoms. The smallest absolute Gasteiger partial charge is 0.258 e. The molecule has 0 saturated heterocycles. The van der Waals surface area contributed by atoms with Crippen LogP contribution in [0.15, 0.2) is 42.5 Å². The van der Waals surface area contributed by atoms with Crippen LogP contribution < -0.4 is 4.90 Å². The van der Waals surface area contributed by atoms with Crippen molar-refractivity contribution in [1.29, 1.82) is 0 Å². The van der Waals surface area contributed by atoms with E-state index in [4.69, 9.17) is 0 Å². The quantitative estimate of drug-likeness (QED) is 0.759. The number of hydrogen-bond acceptors (Lipinski definition) is 1. The van der Waals surface area contributed by atoms with Crippen molar-refractivity contribution >= 4 is 11.6 Å². The van der Waals surface area contributed by atoms with Gasteiger partial charge in [-0.15, -0.1) is 0 Å². The summed E-state index contributed by atoms with van der Waals surface area (Å²) in [5, 5.41) is 0. The first-order chi connectivity index (χ1) is 9.16. The normalized spacial score (nSPS) is 13.5. The predicted molar refractivity (Wildman–Crippen MR) is 77.7 cm³/mol. The number of nitrogens with zero attached hydrogens (tertiary/aromatic N) is 1. The van der Waals surface area contributed by atoms with E-state index in [2.05, 4.69) is 12.1 Å². The Bertz CT molecular complexity index is 645. The fraction of sp³-hybridized carbons (Fsp3) is 0.235. The zero-order valence-corrected chi connectivity index (χ0v) is 11.3. The molecule has 2 nitrogen and oxygen atoms in total. The monoisotopic (exact) mass is 251 g/mol. The van der Waals surface area contributed by atoms with Crippen molar-refractivity contribution in [2.24, 2.45) is 0 Å². The molecule has 0 fully saturated rings. The summed E-state index contributed by atoms with van der Waals surface area (Å²) in [5.41, 5.74) is 5.38. The number of para-hydroxylation sites is 1. The fourth-order valence-electron chi connectivity index (χ4n) is 2.75. The van der Waals surface area contributed by atoms with Crippen LogP contribution in [0.1, 0.15) is 27.0 Å². The largest absolute Gasteiger partial charge is 0.308 e. The highest BCUT2D eigenvalue weighted by Crippen LogP contribution is 2.29. The molecule has 0 saturated carbocycles. The van der Waals surface area contributed by atoms with Crippen LogP contribution in [0, 0.1) is 13.8 Å². The minimum Gasteiger partial charge on any atom is -0.308 e.